The van der Waals surface area contributed by atoms with E-state index in [9.17, 15) is 4.79 Å². The predicted octanol–water partition coefficient (Wildman–Crippen LogP) is 2.47. The molecular weight excluding hydrogens is 250 g/mol. The van der Waals surface area contributed by atoms with E-state index in [1.807, 2.05) is 31.2 Å². The van der Waals surface area contributed by atoms with Crippen LogP contribution in [0.25, 0.3) is 0 Å². The van der Waals surface area contributed by atoms with Crippen LogP contribution in [-0.2, 0) is 22.0 Å². The number of carbonyl (C=O) groups is 1. The normalized spacial score (nSPS) is 23.0. The summed E-state index contributed by atoms with van der Waals surface area (Å²) >= 11 is 5.78. The van der Waals surface area contributed by atoms with Crippen molar-refractivity contribution in [2.75, 3.05) is 6.61 Å². The topological polar surface area (TPSA) is 38.3 Å². The Morgan fingerprint density at radius 1 is 1.50 bits per heavy atom. The van der Waals surface area contributed by atoms with Crippen molar-refractivity contribution in [1.82, 2.24) is 5.32 Å². The number of hydrogen-bond acceptors (Lipinski definition) is 2. The quantitative estimate of drug-likeness (QED) is 0.851. The first kappa shape index (κ1) is 13.4. The van der Waals surface area contributed by atoms with Crippen molar-refractivity contribution in [3.05, 3.63) is 35.4 Å². The number of carbonyl (C=O) groups excluding carboxylic acids is 1. The summed E-state index contributed by atoms with van der Waals surface area (Å²) in [5, 5.41) is 2.95. The van der Waals surface area contributed by atoms with Gasteiger partial charge in [-0.15, -0.1) is 11.6 Å². The highest BCUT2D eigenvalue weighted by atomic mass is 35.5. The second kappa shape index (κ2) is 6.21. The summed E-state index contributed by atoms with van der Waals surface area (Å²) in [5.74, 6) is 0.572. The van der Waals surface area contributed by atoms with Gasteiger partial charge in [0.1, 0.15) is 0 Å². The summed E-state index contributed by atoms with van der Waals surface area (Å²) in [5.41, 5.74) is 2.15. The fraction of sp³-hybridized carbons (Fsp3) is 0.500. The summed E-state index contributed by atoms with van der Waals surface area (Å²) in [6.07, 6.45) is 1.01. The molecule has 4 heteroatoms. The zero-order valence-corrected chi connectivity index (χ0v) is 11.2. The fourth-order valence-electron chi connectivity index (χ4n) is 2.16. The minimum atomic E-state index is -0.00351. The summed E-state index contributed by atoms with van der Waals surface area (Å²) in [6.45, 7) is 3.08. The monoisotopic (exact) mass is 267 g/mol. The molecule has 2 unspecified atom stereocenters. The number of benzene rings is 1. The fourth-order valence-corrected chi connectivity index (χ4v) is 2.32. The van der Waals surface area contributed by atoms with Gasteiger partial charge in [0.25, 0.3) is 0 Å². The Morgan fingerprint density at radius 2 is 2.28 bits per heavy atom. The van der Waals surface area contributed by atoms with Crippen molar-refractivity contribution in [2.45, 2.75) is 31.9 Å². The molecule has 3 nitrogen and oxygen atoms in total. The van der Waals surface area contributed by atoms with Crippen LogP contribution in [0, 0.1) is 5.92 Å². The highest BCUT2D eigenvalue weighted by molar-refractivity contribution is 6.17. The van der Waals surface area contributed by atoms with E-state index in [2.05, 4.69) is 5.32 Å². The van der Waals surface area contributed by atoms with Gasteiger partial charge in [-0.1, -0.05) is 24.3 Å². The lowest BCUT2D eigenvalue weighted by Crippen LogP contribution is -2.30. The van der Waals surface area contributed by atoms with E-state index in [-0.39, 0.29) is 17.9 Å². The Kier molecular flexibility index (Phi) is 4.61. The smallest absolute Gasteiger partial charge is 0.225 e. The van der Waals surface area contributed by atoms with Crippen LogP contribution in [0.2, 0.25) is 0 Å². The first-order chi connectivity index (χ1) is 8.69. The number of rotatable bonds is 4. The number of hydrogen-bond donors (Lipinski definition) is 1. The van der Waals surface area contributed by atoms with Gasteiger partial charge in [0.05, 0.1) is 18.6 Å². The van der Waals surface area contributed by atoms with Crippen LogP contribution in [0.5, 0.6) is 0 Å². The third kappa shape index (κ3) is 3.47. The summed E-state index contributed by atoms with van der Waals surface area (Å²) in [7, 11) is 0. The van der Waals surface area contributed by atoms with E-state index >= 15 is 0 Å². The van der Waals surface area contributed by atoms with Gasteiger partial charge in [-0.25, -0.2) is 0 Å². The van der Waals surface area contributed by atoms with Crippen LogP contribution in [0.4, 0.5) is 0 Å². The molecule has 1 aromatic rings. The van der Waals surface area contributed by atoms with Crippen LogP contribution >= 0.6 is 11.6 Å². The summed E-state index contributed by atoms with van der Waals surface area (Å²) < 4.78 is 5.40. The van der Waals surface area contributed by atoms with Crippen LogP contribution in [0.15, 0.2) is 24.3 Å². The van der Waals surface area contributed by atoms with Gasteiger partial charge < -0.3 is 10.1 Å². The Morgan fingerprint density at radius 3 is 2.94 bits per heavy atom. The Labute approximate surface area is 112 Å². The summed E-state index contributed by atoms with van der Waals surface area (Å²) in [6, 6.07) is 7.94. The van der Waals surface area contributed by atoms with Crippen LogP contribution in [-0.4, -0.2) is 18.6 Å². The Hall–Kier alpha value is -1.06. The molecule has 18 heavy (non-hydrogen) atoms. The third-order valence-electron chi connectivity index (χ3n) is 3.18. The molecular formula is C14H18ClNO2. The number of halogens is 1. The van der Waals surface area contributed by atoms with Crippen LogP contribution < -0.4 is 5.32 Å². The molecule has 1 amide bonds. The van der Waals surface area contributed by atoms with Gasteiger partial charge in [0, 0.05) is 12.4 Å². The first-order valence-electron chi connectivity index (χ1n) is 6.22. The van der Waals surface area contributed by atoms with Crippen molar-refractivity contribution >= 4 is 17.5 Å². The second-order valence-corrected chi connectivity index (χ2v) is 5.02. The molecule has 98 valence electrons. The molecule has 1 aromatic carbocycles. The van der Waals surface area contributed by atoms with Crippen LogP contribution in [0.3, 0.4) is 0 Å². The molecule has 2 rings (SSSR count). The van der Waals surface area contributed by atoms with Gasteiger partial charge in [0.15, 0.2) is 0 Å². The SMILES string of the molecule is CC1CC(C(=O)NCc2cccc(CCl)c2)CO1. The van der Waals surface area contributed by atoms with E-state index < -0.39 is 0 Å². The Bertz CT molecular complexity index is 422. The van der Waals surface area contributed by atoms with Gasteiger partial charge in [0.2, 0.25) is 5.91 Å². The maximum atomic E-state index is 11.9. The maximum Gasteiger partial charge on any atom is 0.225 e. The van der Waals surface area contributed by atoms with Gasteiger partial charge in [-0.2, -0.15) is 0 Å². The second-order valence-electron chi connectivity index (χ2n) is 4.75. The van der Waals surface area contributed by atoms with Gasteiger partial charge >= 0.3 is 0 Å². The highest BCUT2D eigenvalue weighted by Crippen LogP contribution is 2.19. The lowest BCUT2D eigenvalue weighted by atomic mass is 10.1. The molecule has 1 N–H and O–H groups in total. The van der Waals surface area contributed by atoms with E-state index in [0.717, 1.165) is 17.5 Å². The number of ether oxygens (including phenoxy) is 1. The third-order valence-corrected chi connectivity index (χ3v) is 3.49. The zero-order valence-electron chi connectivity index (χ0n) is 10.5. The lowest BCUT2D eigenvalue weighted by molar-refractivity contribution is -0.125. The molecule has 0 aromatic heterocycles. The molecule has 0 spiro atoms. The maximum absolute atomic E-state index is 11.9. The predicted molar refractivity (Wildman–Crippen MR) is 71.4 cm³/mol. The molecule has 1 fully saturated rings. The van der Waals surface area contributed by atoms with E-state index in [1.54, 1.807) is 0 Å². The van der Waals surface area contributed by atoms with Gasteiger partial charge in [-0.05, 0) is 24.5 Å². The van der Waals surface area contributed by atoms with Crippen molar-refractivity contribution in [1.29, 1.82) is 0 Å². The van der Waals surface area contributed by atoms with Crippen molar-refractivity contribution in [2.24, 2.45) is 5.92 Å². The van der Waals surface area contributed by atoms with Crippen molar-refractivity contribution in [3.63, 3.8) is 0 Å². The van der Waals surface area contributed by atoms with Crippen LogP contribution in [0.1, 0.15) is 24.5 Å². The van der Waals surface area contributed by atoms with Crippen molar-refractivity contribution < 1.29 is 9.53 Å². The summed E-state index contributed by atoms with van der Waals surface area (Å²) in [4.78, 5) is 11.9. The number of amides is 1. The molecule has 1 aliphatic heterocycles. The van der Waals surface area contributed by atoms with E-state index in [4.69, 9.17) is 16.3 Å². The lowest BCUT2D eigenvalue weighted by Gasteiger charge is -2.10. The zero-order chi connectivity index (χ0) is 13.0. The molecule has 2 atom stereocenters. The average molecular weight is 268 g/mol. The molecule has 0 radical (unpaired) electrons. The molecule has 1 saturated heterocycles. The first-order valence-corrected chi connectivity index (χ1v) is 6.75. The molecule has 0 bridgehead atoms. The highest BCUT2D eigenvalue weighted by Gasteiger charge is 2.27. The Balaban J connectivity index is 1.85. The molecule has 1 aliphatic rings. The largest absolute Gasteiger partial charge is 0.378 e. The van der Waals surface area contributed by atoms with Gasteiger partial charge in [-0.3, -0.25) is 4.79 Å². The number of nitrogens with one attached hydrogen (secondary N) is 1. The molecule has 0 saturated carbocycles. The average Bonchev–Trinajstić information content (AvgIpc) is 2.83. The van der Waals surface area contributed by atoms with E-state index in [1.165, 1.54) is 0 Å². The number of alkyl halides is 1. The van der Waals surface area contributed by atoms with E-state index in [0.29, 0.717) is 19.0 Å². The molecule has 0 aliphatic carbocycles. The van der Waals surface area contributed by atoms with Crippen molar-refractivity contribution in [3.8, 4) is 0 Å². The molecule has 1 heterocycles. The minimum Gasteiger partial charge on any atom is -0.378 e. The standard InChI is InChI=1S/C14H18ClNO2/c1-10-5-13(9-18-10)14(17)16-8-12-4-2-3-11(6-12)7-15/h2-4,6,10,13H,5,7-9H2,1H3,(H,16,17). The minimum absolute atomic E-state index is 0.00351.